The van der Waals surface area contributed by atoms with Crippen LogP contribution in [0, 0.1) is 0 Å². The van der Waals surface area contributed by atoms with Crippen molar-refractivity contribution in [1.29, 1.82) is 0 Å². The average Bonchev–Trinajstić information content (AvgIpc) is 3.37. The van der Waals surface area contributed by atoms with Gasteiger partial charge in [0.05, 0.1) is 23.8 Å². The predicted octanol–water partition coefficient (Wildman–Crippen LogP) is 12.9. The van der Waals surface area contributed by atoms with Crippen molar-refractivity contribution in [1.82, 2.24) is 5.32 Å². The number of hydrogen-bond donors (Lipinski definition) is 4. The first-order valence-electron chi connectivity index (χ1n) is 27.1. The van der Waals surface area contributed by atoms with Crippen molar-refractivity contribution in [3.05, 3.63) is 83.9 Å². The summed E-state index contributed by atoms with van der Waals surface area (Å²) in [4.78, 5) is 64.6. The highest BCUT2D eigenvalue weighted by molar-refractivity contribution is 5.90. The number of carbonyl (C=O) groups is 5. The molecule has 0 aliphatic carbocycles. The summed E-state index contributed by atoms with van der Waals surface area (Å²) in [6.07, 6.45) is 20.7. The van der Waals surface area contributed by atoms with Gasteiger partial charge in [-0.2, -0.15) is 0 Å². The Morgan fingerprint density at radius 3 is 1.60 bits per heavy atom. The number of aliphatic hydroxyl groups is 1. The lowest BCUT2D eigenvalue weighted by Gasteiger charge is -2.48. The highest BCUT2D eigenvalue weighted by Crippen LogP contribution is 2.36. The molecule has 404 valence electrons. The van der Waals surface area contributed by atoms with Crippen LogP contribution in [0.1, 0.15) is 208 Å². The van der Waals surface area contributed by atoms with Crippen LogP contribution in [-0.2, 0) is 33.2 Å². The molecule has 0 bridgehead atoms. The van der Waals surface area contributed by atoms with E-state index in [4.69, 9.17) is 28.4 Å². The van der Waals surface area contributed by atoms with Gasteiger partial charge < -0.3 is 49.1 Å². The average molecular weight is 1010 g/mol. The number of carbonyl (C=O) groups excluding carboxylic acids is 3. The van der Waals surface area contributed by atoms with Gasteiger partial charge >= 0.3 is 24.2 Å². The van der Waals surface area contributed by atoms with Gasteiger partial charge in [0.1, 0.15) is 24.9 Å². The van der Waals surface area contributed by atoms with E-state index in [0.29, 0.717) is 12.8 Å². The van der Waals surface area contributed by atoms with Crippen LogP contribution in [0.3, 0.4) is 0 Å². The molecule has 0 radical (unpaired) electrons. The van der Waals surface area contributed by atoms with E-state index in [0.717, 1.165) is 44.9 Å². The molecule has 2 aromatic carbocycles. The van der Waals surface area contributed by atoms with Gasteiger partial charge in [0.25, 0.3) is 0 Å². The molecule has 0 aromatic heterocycles. The third kappa shape index (κ3) is 25.1. The van der Waals surface area contributed by atoms with Crippen molar-refractivity contribution >= 4 is 30.2 Å². The molecule has 0 unspecified atom stereocenters. The van der Waals surface area contributed by atoms with E-state index in [-0.39, 0.29) is 23.5 Å². The van der Waals surface area contributed by atoms with Gasteiger partial charge in [-0.15, -0.1) is 0 Å². The molecule has 1 heterocycles. The van der Waals surface area contributed by atoms with Crippen molar-refractivity contribution in [2.75, 3.05) is 13.2 Å². The van der Waals surface area contributed by atoms with Crippen LogP contribution in [0.4, 0.5) is 9.59 Å². The monoisotopic (exact) mass is 1010 g/mol. The molecule has 1 aliphatic heterocycles. The quantitative estimate of drug-likeness (QED) is 0.0212. The Balaban J connectivity index is 1.85. The summed E-state index contributed by atoms with van der Waals surface area (Å²) in [5.41, 5.74) is 0.372. The SMILES string of the molecule is CCCCCCCCCCCCCC=C[C@@H](OC(=O)c1ccccc1)[C@H](CO[C@@]1(C)O[C@H](COC(=O)O)[C@H](OC(=O)O)[C@H](O)[C@H]1OC(=O)c1ccccc1)NC(=O)CCCCCCCCCCCCCCC. The number of esters is 2. The highest BCUT2D eigenvalue weighted by Gasteiger charge is 2.57. The molecular formula is C57H87NO14. The Morgan fingerprint density at radius 2 is 1.11 bits per heavy atom. The highest BCUT2D eigenvalue weighted by atomic mass is 16.8. The number of rotatable bonds is 39. The van der Waals surface area contributed by atoms with Crippen molar-refractivity contribution in [2.45, 2.75) is 230 Å². The minimum Gasteiger partial charge on any atom is -0.452 e. The number of aliphatic hydroxyl groups excluding tert-OH is 1. The fourth-order valence-corrected chi connectivity index (χ4v) is 8.97. The van der Waals surface area contributed by atoms with Gasteiger partial charge in [-0.25, -0.2) is 19.2 Å². The third-order valence-electron chi connectivity index (χ3n) is 13.1. The van der Waals surface area contributed by atoms with Gasteiger partial charge in [0.2, 0.25) is 11.7 Å². The number of allylic oxidation sites excluding steroid dienone is 1. The van der Waals surface area contributed by atoms with Crippen molar-refractivity contribution < 1.29 is 67.7 Å². The topological polar surface area (TPSA) is 213 Å². The lowest BCUT2D eigenvalue weighted by Crippen LogP contribution is -2.67. The van der Waals surface area contributed by atoms with Crippen molar-refractivity contribution in [3.63, 3.8) is 0 Å². The van der Waals surface area contributed by atoms with Crippen LogP contribution in [-0.4, -0.2) is 101 Å². The molecule has 0 spiro atoms. The number of nitrogens with one attached hydrogen (secondary N) is 1. The number of unbranched alkanes of at least 4 members (excludes halogenated alkanes) is 23. The normalized spacial score (nSPS) is 19.6. The van der Waals surface area contributed by atoms with E-state index in [1.165, 1.54) is 122 Å². The van der Waals surface area contributed by atoms with E-state index >= 15 is 0 Å². The zero-order valence-electron chi connectivity index (χ0n) is 43.5. The number of carboxylic acid groups (broad SMARTS) is 2. The molecule has 15 heteroatoms. The van der Waals surface area contributed by atoms with Gasteiger partial charge in [0.15, 0.2) is 12.2 Å². The summed E-state index contributed by atoms with van der Waals surface area (Å²) in [7, 11) is 0. The molecule has 7 atom stereocenters. The Hall–Kier alpha value is -4.99. The Labute approximate surface area is 429 Å². The van der Waals surface area contributed by atoms with E-state index in [1.807, 2.05) is 6.08 Å². The fraction of sp³-hybridized carbons (Fsp3) is 0.667. The van der Waals surface area contributed by atoms with E-state index in [2.05, 4.69) is 19.2 Å². The first kappa shape index (κ1) is 61.3. The number of amides is 1. The van der Waals surface area contributed by atoms with E-state index in [1.54, 1.807) is 54.6 Å². The largest absolute Gasteiger partial charge is 0.506 e. The van der Waals surface area contributed by atoms with Gasteiger partial charge in [-0.3, -0.25) is 4.79 Å². The van der Waals surface area contributed by atoms with Crippen LogP contribution in [0.15, 0.2) is 72.8 Å². The molecule has 0 saturated carbocycles. The summed E-state index contributed by atoms with van der Waals surface area (Å²) in [6.45, 7) is 4.51. The molecule has 2 aromatic rings. The smallest absolute Gasteiger partial charge is 0.452 e. The summed E-state index contributed by atoms with van der Waals surface area (Å²) in [6, 6.07) is 15.2. The molecule has 1 amide bonds. The van der Waals surface area contributed by atoms with Crippen LogP contribution < -0.4 is 5.32 Å². The summed E-state index contributed by atoms with van der Waals surface area (Å²) in [5, 5.41) is 33.8. The van der Waals surface area contributed by atoms with E-state index < -0.39 is 79.8 Å². The minimum absolute atomic E-state index is 0.0909. The minimum atomic E-state index is -2.17. The molecule has 1 fully saturated rings. The van der Waals surface area contributed by atoms with Gasteiger partial charge in [-0.1, -0.05) is 198 Å². The van der Waals surface area contributed by atoms with Gasteiger partial charge in [0, 0.05) is 6.42 Å². The molecule has 72 heavy (non-hydrogen) atoms. The Morgan fingerprint density at radius 1 is 0.639 bits per heavy atom. The Kier molecular flexibility index (Phi) is 31.4. The lowest BCUT2D eigenvalue weighted by atomic mass is 9.92. The molecule has 15 nitrogen and oxygen atoms in total. The molecule has 1 aliphatic rings. The second kappa shape index (κ2) is 36.8. The second-order valence-corrected chi connectivity index (χ2v) is 19.2. The standard InChI is InChI=1S/C57H87NO14/c1-4-6-8-10-12-14-16-18-20-22-24-26-34-40-47(69-53(61)44-36-30-28-31-37-44)46(58-49(59)41-35-27-25-23-21-19-17-15-13-11-9-7-5-2)42-68-57(3)52(71-54(62)45-38-32-29-33-39-45)50(60)51(70-56(65)66)48(72-57)43-67-55(63)64/h28-34,36-40,46-48,50-52,60H,4-27,35,41-43H2,1-3H3,(H,58,59)(H,63,64)(H,65,66)/t46-,47+,48+,50-,51-,52+,57-/m0/s1. The predicted molar refractivity (Wildman–Crippen MR) is 276 cm³/mol. The van der Waals surface area contributed by atoms with Crippen molar-refractivity contribution in [2.24, 2.45) is 0 Å². The van der Waals surface area contributed by atoms with Crippen LogP contribution in [0.5, 0.6) is 0 Å². The number of ether oxygens (including phenoxy) is 6. The second-order valence-electron chi connectivity index (χ2n) is 19.2. The summed E-state index contributed by atoms with van der Waals surface area (Å²) >= 11 is 0. The van der Waals surface area contributed by atoms with Crippen LogP contribution >= 0.6 is 0 Å². The van der Waals surface area contributed by atoms with Crippen molar-refractivity contribution in [3.8, 4) is 0 Å². The maximum atomic E-state index is 13.9. The summed E-state index contributed by atoms with van der Waals surface area (Å²) < 4.78 is 34.3. The number of hydrogen-bond acceptors (Lipinski definition) is 12. The molecular weight excluding hydrogens is 923 g/mol. The zero-order chi connectivity index (χ0) is 52.2. The van der Waals surface area contributed by atoms with E-state index in [9.17, 15) is 39.3 Å². The summed E-state index contributed by atoms with van der Waals surface area (Å²) in [5.74, 6) is -4.06. The lowest BCUT2D eigenvalue weighted by molar-refractivity contribution is -0.356. The maximum Gasteiger partial charge on any atom is 0.506 e. The number of benzene rings is 2. The Bertz CT molecular complexity index is 1830. The van der Waals surface area contributed by atoms with Crippen LogP contribution in [0.25, 0.3) is 0 Å². The molecule has 3 rings (SSSR count). The maximum absolute atomic E-state index is 13.9. The van der Waals surface area contributed by atoms with Gasteiger partial charge in [-0.05, 0) is 56.5 Å². The van der Waals surface area contributed by atoms with Crippen LogP contribution in [0.2, 0.25) is 0 Å². The molecule has 4 N–H and O–H groups in total. The third-order valence-corrected chi connectivity index (χ3v) is 13.1. The molecule has 1 saturated heterocycles. The zero-order valence-corrected chi connectivity index (χ0v) is 43.5. The first-order chi connectivity index (χ1) is 34.9. The fourth-order valence-electron chi connectivity index (χ4n) is 8.97. The first-order valence-corrected chi connectivity index (χ1v) is 27.1.